The number of sulfone groups is 1. The predicted octanol–water partition coefficient (Wildman–Crippen LogP) is 2.50. The van der Waals surface area contributed by atoms with Gasteiger partial charge >= 0.3 is 0 Å². The van der Waals surface area contributed by atoms with E-state index >= 15 is 0 Å². The number of fused-ring (bicyclic) bond motifs is 2. The van der Waals surface area contributed by atoms with Crippen molar-refractivity contribution < 1.29 is 22.8 Å². The second-order valence-corrected chi connectivity index (χ2v) is 9.96. The summed E-state index contributed by atoms with van der Waals surface area (Å²) < 4.78 is 23.7. The lowest BCUT2D eigenvalue weighted by molar-refractivity contribution is 0.0761. The van der Waals surface area contributed by atoms with Gasteiger partial charge in [-0.2, -0.15) is 0 Å². The molecule has 1 atom stereocenters. The van der Waals surface area contributed by atoms with Gasteiger partial charge in [-0.25, -0.2) is 8.42 Å². The van der Waals surface area contributed by atoms with Gasteiger partial charge in [0, 0.05) is 47.2 Å². The van der Waals surface area contributed by atoms with Crippen LogP contribution < -0.4 is 0 Å². The fourth-order valence-electron chi connectivity index (χ4n) is 4.11. The van der Waals surface area contributed by atoms with Crippen LogP contribution in [-0.4, -0.2) is 55.4 Å². The Morgan fingerprint density at radius 1 is 0.897 bits per heavy atom. The number of carbonyl (C=O) groups is 3. The number of ketones is 2. The van der Waals surface area contributed by atoms with Gasteiger partial charge in [0.15, 0.2) is 11.6 Å². The van der Waals surface area contributed by atoms with E-state index < -0.39 is 15.1 Å². The lowest BCUT2D eigenvalue weighted by atomic mass is 9.83. The van der Waals surface area contributed by atoms with E-state index in [4.69, 9.17) is 0 Å². The normalized spacial score (nSPS) is 19.3. The van der Waals surface area contributed by atoms with Crippen LogP contribution in [0.3, 0.4) is 0 Å². The number of carbonyl (C=O) groups excluding carboxylic acids is 3. The number of amides is 1. The first-order valence-corrected chi connectivity index (χ1v) is 11.5. The zero-order valence-corrected chi connectivity index (χ0v) is 16.9. The van der Waals surface area contributed by atoms with Crippen molar-refractivity contribution in [2.75, 3.05) is 19.3 Å². The third kappa shape index (κ3) is 3.51. The molecule has 2 aromatic carbocycles. The van der Waals surface area contributed by atoms with Crippen molar-refractivity contribution in [2.45, 2.75) is 24.5 Å². The van der Waals surface area contributed by atoms with Crippen molar-refractivity contribution in [1.82, 2.24) is 4.90 Å². The van der Waals surface area contributed by atoms with Gasteiger partial charge in [-0.3, -0.25) is 14.4 Å². The van der Waals surface area contributed by atoms with E-state index in [0.29, 0.717) is 54.6 Å². The molecule has 4 rings (SSSR count). The summed E-state index contributed by atoms with van der Waals surface area (Å²) in [5.41, 5.74) is 1.60. The standard InChI is InChI=1S/C22H21NO5S/c1-29(27,28)15-5-4-11-23(12-10-15)22(26)14-8-9-18-19(13-14)21(25)17-7-3-2-6-16(17)20(18)24/h2-3,6-9,13,15H,4-5,10-12H2,1H3. The smallest absolute Gasteiger partial charge is 0.253 e. The second kappa shape index (κ2) is 7.22. The van der Waals surface area contributed by atoms with Crippen LogP contribution in [0.2, 0.25) is 0 Å². The van der Waals surface area contributed by atoms with Gasteiger partial charge in [0.2, 0.25) is 0 Å². The summed E-state index contributed by atoms with van der Waals surface area (Å²) in [6.45, 7) is 0.820. The summed E-state index contributed by atoms with van der Waals surface area (Å²) in [5, 5.41) is -0.431. The van der Waals surface area contributed by atoms with Crippen LogP contribution in [0, 0.1) is 0 Å². The average molecular weight is 411 g/mol. The Bertz CT molecular complexity index is 1140. The fraction of sp³-hybridized carbons (Fsp3) is 0.318. The molecule has 1 aliphatic heterocycles. The van der Waals surface area contributed by atoms with E-state index in [2.05, 4.69) is 0 Å². The Labute approximate surface area is 169 Å². The highest BCUT2D eigenvalue weighted by Gasteiger charge is 2.31. The minimum atomic E-state index is -3.14. The lowest BCUT2D eigenvalue weighted by Crippen LogP contribution is -2.33. The Kier molecular flexibility index (Phi) is 4.86. The zero-order chi connectivity index (χ0) is 20.8. The summed E-state index contributed by atoms with van der Waals surface area (Å²) >= 11 is 0. The summed E-state index contributed by atoms with van der Waals surface area (Å²) in [6, 6.07) is 11.3. The molecule has 1 fully saturated rings. The molecule has 0 radical (unpaired) electrons. The van der Waals surface area contributed by atoms with Crippen molar-refractivity contribution in [1.29, 1.82) is 0 Å². The molecule has 0 N–H and O–H groups in total. The van der Waals surface area contributed by atoms with E-state index in [1.807, 2.05) is 0 Å². The predicted molar refractivity (Wildman–Crippen MR) is 108 cm³/mol. The molecule has 7 heteroatoms. The molecule has 0 bridgehead atoms. The van der Waals surface area contributed by atoms with Crippen LogP contribution >= 0.6 is 0 Å². The van der Waals surface area contributed by atoms with Crippen molar-refractivity contribution in [3.63, 3.8) is 0 Å². The third-order valence-electron chi connectivity index (χ3n) is 5.74. The minimum absolute atomic E-state index is 0.222. The fourth-order valence-corrected chi connectivity index (χ4v) is 5.24. The molecule has 6 nitrogen and oxygen atoms in total. The molecule has 150 valence electrons. The molecule has 2 aliphatic rings. The highest BCUT2D eigenvalue weighted by atomic mass is 32.2. The maximum absolute atomic E-state index is 13.0. The third-order valence-corrected chi connectivity index (χ3v) is 7.42. The molecular formula is C22H21NO5S. The number of hydrogen-bond acceptors (Lipinski definition) is 5. The van der Waals surface area contributed by atoms with E-state index in [1.54, 1.807) is 35.2 Å². The first-order valence-electron chi connectivity index (χ1n) is 9.58. The maximum atomic E-state index is 13.0. The number of rotatable bonds is 2. The highest BCUT2D eigenvalue weighted by molar-refractivity contribution is 7.91. The summed E-state index contributed by atoms with van der Waals surface area (Å²) in [5.74, 6) is -0.737. The Hall–Kier alpha value is -2.80. The molecule has 1 heterocycles. The Morgan fingerprint density at radius 3 is 2.17 bits per heavy atom. The van der Waals surface area contributed by atoms with Crippen LogP contribution in [-0.2, 0) is 9.84 Å². The van der Waals surface area contributed by atoms with Gasteiger partial charge in [0.1, 0.15) is 9.84 Å². The van der Waals surface area contributed by atoms with Crippen molar-refractivity contribution in [3.05, 3.63) is 70.3 Å². The molecule has 1 aliphatic carbocycles. The van der Waals surface area contributed by atoms with Crippen molar-refractivity contribution in [2.24, 2.45) is 0 Å². The maximum Gasteiger partial charge on any atom is 0.253 e. The number of hydrogen-bond donors (Lipinski definition) is 0. The van der Waals surface area contributed by atoms with Crippen LogP contribution in [0.25, 0.3) is 0 Å². The van der Waals surface area contributed by atoms with Gasteiger partial charge < -0.3 is 4.90 Å². The van der Waals surface area contributed by atoms with E-state index in [-0.39, 0.29) is 23.0 Å². The van der Waals surface area contributed by atoms with Gasteiger partial charge in [0.25, 0.3) is 5.91 Å². The Balaban J connectivity index is 1.62. The molecule has 1 saturated heterocycles. The van der Waals surface area contributed by atoms with Gasteiger partial charge in [-0.1, -0.05) is 24.3 Å². The SMILES string of the molecule is CS(=O)(=O)C1CCCN(C(=O)c2ccc3c(c2)C(=O)c2ccccc2C3=O)CC1. The van der Waals surface area contributed by atoms with Crippen molar-refractivity contribution in [3.8, 4) is 0 Å². The molecule has 1 amide bonds. The highest BCUT2D eigenvalue weighted by Crippen LogP contribution is 2.28. The van der Waals surface area contributed by atoms with Gasteiger partial charge in [0.05, 0.1) is 5.25 Å². The van der Waals surface area contributed by atoms with Gasteiger partial charge in [-0.15, -0.1) is 0 Å². The van der Waals surface area contributed by atoms with Gasteiger partial charge in [-0.05, 0) is 37.5 Å². The molecule has 2 aromatic rings. The number of likely N-dealkylation sites (tertiary alicyclic amines) is 1. The monoisotopic (exact) mass is 411 g/mol. The van der Waals surface area contributed by atoms with E-state index in [1.165, 1.54) is 18.4 Å². The lowest BCUT2D eigenvalue weighted by Gasteiger charge is -2.22. The van der Waals surface area contributed by atoms with Crippen LogP contribution in [0.1, 0.15) is 61.5 Å². The number of benzene rings is 2. The second-order valence-electron chi connectivity index (χ2n) is 7.64. The quantitative estimate of drug-likeness (QED) is 0.646. The van der Waals surface area contributed by atoms with Crippen LogP contribution in [0.5, 0.6) is 0 Å². The minimum Gasteiger partial charge on any atom is -0.339 e. The van der Waals surface area contributed by atoms with E-state index in [9.17, 15) is 22.8 Å². The number of nitrogens with zero attached hydrogens (tertiary/aromatic N) is 1. The molecule has 0 spiro atoms. The molecule has 0 saturated carbocycles. The molecule has 1 unspecified atom stereocenters. The van der Waals surface area contributed by atoms with Crippen molar-refractivity contribution >= 4 is 27.3 Å². The summed E-state index contributed by atoms with van der Waals surface area (Å²) in [7, 11) is -3.14. The zero-order valence-electron chi connectivity index (χ0n) is 16.1. The average Bonchev–Trinajstić information content (AvgIpc) is 2.97. The van der Waals surface area contributed by atoms with E-state index in [0.717, 1.165) is 0 Å². The Morgan fingerprint density at radius 2 is 1.52 bits per heavy atom. The summed E-state index contributed by atoms with van der Waals surface area (Å²) in [6.07, 6.45) is 2.79. The molecule has 29 heavy (non-hydrogen) atoms. The first-order chi connectivity index (χ1) is 13.8. The first kappa shape index (κ1) is 19.5. The molecular weight excluding hydrogens is 390 g/mol. The van der Waals surface area contributed by atoms with Crippen LogP contribution in [0.15, 0.2) is 42.5 Å². The molecule has 0 aromatic heterocycles. The largest absolute Gasteiger partial charge is 0.339 e. The van der Waals surface area contributed by atoms with Crippen LogP contribution in [0.4, 0.5) is 0 Å². The summed E-state index contributed by atoms with van der Waals surface area (Å²) in [4.78, 5) is 40.2. The topological polar surface area (TPSA) is 88.6 Å².